The molecule has 0 unspecified atom stereocenters. The average molecular weight is 693 g/mol. The van der Waals surface area contributed by atoms with Gasteiger partial charge in [-0.3, -0.25) is 0 Å². The Balaban J connectivity index is 1.10. The monoisotopic (exact) mass is 692 g/mol. The molecule has 1 aliphatic heterocycles. The van der Waals surface area contributed by atoms with Gasteiger partial charge in [-0.05, 0) is 76.7 Å². The molecular weight excluding hydrogens is 661 g/mol. The summed E-state index contributed by atoms with van der Waals surface area (Å²) in [6.07, 6.45) is 0. The summed E-state index contributed by atoms with van der Waals surface area (Å²) in [6.45, 7) is 0. The Morgan fingerprint density at radius 2 is 0.889 bits per heavy atom. The van der Waals surface area contributed by atoms with E-state index < -0.39 is 0 Å². The van der Waals surface area contributed by atoms with Crippen LogP contribution in [0.2, 0.25) is 0 Å². The first-order valence-electron chi connectivity index (χ1n) is 18.0. The Morgan fingerprint density at radius 1 is 0.333 bits per heavy atom. The summed E-state index contributed by atoms with van der Waals surface area (Å²) in [7, 11) is 0. The molecule has 0 saturated carbocycles. The summed E-state index contributed by atoms with van der Waals surface area (Å²) in [4.78, 5) is 17.5. The van der Waals surface area contributed by atoms with Crippen LogP contribution in [0.4, 0.5) is 17.1 Å². The van der Waals surface area contributed by atoms with E-state index in [0.29, 0.717) is 17.5 Å². The van der Waals surface area contributed by atoms with Crippen molar-refractivity contribution in [3.05, 3.63) is 194 Å². The summed E-state index contributed by atoms with van der Waals surface area (Å²) in [5, 5.41) is 2.05. The number of benzene rings is 8. The predicted molar refractivity (Wildman–Crippen MR) is 219 cm³/mol. The highest BCUT2D eigenvalue weighted by Gasteiger charge is 2.25. The lowest BCUT2D eigenvalue weighted by Gasteiger charge is -2.28. The van der Waals surface area contributed by atoms with Gasteiger partial charge in [-0.2, -0.15) is 0 Å². The van der Waals surface area contributed by atoms with Crippen molar-refractivity contribution in [3.8, 4) is 67.9 Å². The van der Waals surface area contributed by atoms with Crippen molar-refractivity contribution >= 4 is 27.8 Å². The van der Waals surface area contributed by atoms with Crippen molar-refractivity contribution in [2.75, 3.05) is 4.90 Å². The molecule has 254 valence electrons. The number of anilines is 3. The molecule has 54 heavy (non-hydrogen) atoms. The van der Waals surface area contributed by atoms with Crippen LogP contribution in [0.15, 0.2) is 194 Å². The van der Waals surface area contributed by atoms with Gasteiger partial charge < -0.3 is 9.64 Å². The Bertz CT molecular complexity index is 2750. The number of aromatic nitrogens is 3. The molecule has 0 spiro atoms. The van der Waals surface area contributed by atoms with E-state index in [0.717, 1.165) is 78.3 Å². The van der Waals surface area contributed by atoms with Crippen molar-refractivity contribution in [2.45, 2.75) is 0 Å². The summed E-state index contributed by atoms with van der Waals surface area (Å²) < 4.78 is 6.76. The van der Waals surface area contributed by atoms with Gasteiger partial charge in [0.15, 0.2) is 17.5 Å². The molecular formula is C49H32N4O. The molecule has 0 saturated heterocycles. The first-order chi connectivity index (χ1) is 26.8. The van der Waals surface area contributed by atoms with Crippen molar-refractivity contribution < 1.29 is 4.74 Å². The highest BCUT2D eigenvalue weighted by molar-refractivity contribution is 6.09. The molecule has 1 aromatic heterocycles. The van der Waals surface area contributed by atoms with Crippen LogP contribution in [0.1, 0.15) is 0 Å². The van der Waals surface area contributed by atoms with Gasteiger partial charge in [0.25, 0.3) is 0 Å². The van der Waals surface area contributed by atoms with Crippen molar-refractivity contribution in [2.24, 2.45) is 0 Å². The van der Waals surface area contributed by atoms with Crippen LogP contribution in [0, 0.1) is 0 Å². The smallest absolute Gasteiger partial charge is 0.164 e. The van der Waals surface area contributed by atoms with E-state index in [2.05, 4.69) is 144 Å². The van der Waals surface area contributed by atoms with Crippen LogP contribution in [0.5, 0.6) is 11.5 Å². The quantitative estimate of drug-likeness (QED) is 0.166. The van der Waals surface area contributed by atoms with Crippen molar-refractivity contribution in [1.82, 2.24) is 15.0 Å². The predicted octanol–water partition coefficient (Wildman–Crippen LogP) is 12.9. The van der Waals surface area contributed by atoms with E-state index in [1.54, 1.807) is 0 Å². The average Bonchev–Trinajstić information content (AvgIpc) is 3.25. The molecule has 5 nitrogen and oxygen atoms in total. The van der Waals surface area contributed by atoms with Crippen LogP contribution in [0.3, 0.4) is 0 Å². The third-order valence-corrected chi connectivity index (χ3v) is 9.90. The van der Waals surface area contributed by atoms with E-state index in [1.807, 2.05) is 54.6 Å². The van der Waals surface area contributed by atoms with Gasteiger partial charge in [0.2, 0.25) is 0 Å². The molecule has 0 fully saturated rings. The normalized spacial score (nSPS) is 11.5. The summed E-state index contributed by atoms with van der Waals surface area (Å²) in [5.74, 6) is 3.46. The van der Waals surface area contributed by atoms with Crippen LogP contribution < -0.4 is 9.64 Å². The number of hydrogen-bond donors (Lipinski definition) is 0. The molecule has 0 aliphatic carbocycles. The number of para-hydroxylation sites is 2. The number of fused-ring (bicyclic) bond motifs is 2. The number of hydrogen-bond acceptors (Lipinski definition) is 5. The summed E-state index contributed by atoms with van der Waals surface area (Å²) in [6, 6.07) is 66.7. The second kappa shape index (κ2) is 13.3. The van der Waals surface area contributed by atoms with Gasteiger partial charge in [0.05, 0.1) is 0 Å². The van der Waals surface area contributed by atoms with Gasteiger partial charge >= 0.3 is 0 Å². The van der Waals surface area contributed by atoms with Crippen LogP contribution >= 0.6 is 0 Å². The minimum Gasteiger partial charge on any atom is -0.456 e. The van der Waals surface area contributed by atoms with Crippen molar-refractivity contribution in [3.63, 3.8) is 0 Å². The zero-order valence-electron chi connectivity index (χ0n) is 29.2. The van der Waals surface area contributed by atoms with Gasteiger partial charge in [-0.1, -0.05) is 133 Å². The maximum absolute atomic E-state index is 6.76. The fourth-order valence-electron chi connectivity index (χ4n) is 7.37. The molecule has 0 amide bonds. The van der Waals surface area contributed by atoms with Gasteiger partial charge in [-0.25, -0.2) is 15.0 Å². The Morgan fingerprint density at radius 3 is 1.59 bits per heavy atom. The third-order valence-electron chi connectivity index (χ3n) is 9.90. The first kappa shape index (κ1) is 31.4. The first-order valence-corrected chi connectivity index (χ1v) is 18.0. The van der Waals surface area contributed by atoms with E-state index in [-0.39, 0.29) is 0 Å². The molecule has 1 aliphatic rings. The molecule has 5 heteroatoms. The highest BCUT2D eigenvalue weighted by atomic mass is 16.5. The fraction of sp³-hybridized carbons (Fsp3) is 0. The van der Waals surface area contributed by atoms with E-state index >= 15 is 0 Å². The topological polar surface area (TPSA) is 51.1 Å². The Hall–Kier alpha value is -7.37. The standard InChI is InChI=1S/C49H32N4O/c1-5-15-33(16-6-1)35-19-13-20-36(31-35)48-50-47(34-17-7-2-8-18-34)51-49(52-48)43-29-30-44-46-41(25-14-26-42(43)46)40-28-27-39(32-45(40)54-44)53(37-21-9-3-10-22-37)38-23-11-4-12-24-38/h1-32H. The highest BCUT2D eigenvalue weighted by Crippen LogP contribution is 2.50. The Labute approximate surface area is 313 Å². The van der Waals surface area contributed by atoms with Gasteiger partial charge in [-0.15, -0.1) is 0 Å². The summed E-state index contributed by atoms with van der Waals surface area (Å²) >= 11 is 0. The van der Waals surface area contributed by atoms with E-state index in [1.165, 1.54) is 0 Å². The van der Waals surface area contributed by atoms with Gasteiger partial charge in [0.1, 0.15) is 11.5 Å². The van der Waals surface area contributed by atoms with E-state index in [9.17, 15) is 0 Å². The molecule has 10 rings (SSSR count). The van der Waals surface area contributed by atoms with Gasteiger partial charge in [0, 0.05) is 50.8 Å². The summed E-state index contributed by atoms with van der Waals surface area (Å²) in [5.41, 5.74) is 10.3. The molecule has 0 N–H and O–H groups in total. The largest absolute Gasteiger partial charge is 0.456 e. The zero-order chi connectivity index (χ0) is 35.8. The second-order valence-corrected chi connectivity index (χ2v) is 13.2. The fourth-order valence-corrected chi connectivity index (χ4v) is 7.37. The number of ether oxygens (including phenoxy) is 1. The van der Waals surface area contributed by atoms with Crippen LogP contribution in [-0.4, -0.2) is 15.0 Å². The molecule has 2 heterocycles. The molecule has 0 radical (unpaired) electrons. The minimum absolute atomic E-state index is 0.607. The minimum atomic E-state index is 0.607. The van der Waals surface area contributed by atoms with Crippen LogP contribution in [-0.2, 0) is 0 Å². The van der Waals surface area contributed by atoms with Crippen LogP contribution in [0.25, 0.3) is 67.2 Å². The SMILES string of the molecule is c1ccc(-c2cccc(-c3nc(-c4ccccc4)nc(-c4ccc5c6c(cccc46)-c4ccc(N(c6ccccc6)c6ccccc6)cc4O5)n3)c2)cc1. The number of nitrogens with zero attached hydrogens (tertiary/aromatic N) is 4. The zero-order valence-corrected chi connectivity index (χ0v) is 29.2. The lowest BCUT2D eigenvalue weighted by atomic mass is 9.92. The Kier molecular flexibility index (Phi) is 7.73. The van der Waals surface area contributed by atoms with Crippen molar-refractivity contribution in [1.29, 1.82) is 0 Å². The third kappa shape index (κ3) is 5.65. The van der Waals surface area contributed by atoms with E-state index in [4.69, 9.17) is 19.7 Å². The second-order valence-electron chi connectivity index (χ2n) is 13.2. The lowest BCUT2D eigenvalue weighted by Crippen LogP contribution is -2.10. The molecule has 0 atom stereocenters. The number of rotatable bonds is 7. The molecule has 9 aromatic rings. The molecule has 0 bridgehead atoms. The maximum atomic E-state index is 6.76. The maximum Gasteiger partial charge on any atom is 0.164 e. The lowest BCUT2D eigenvalue weighted by molar-refractivity contribution is 0.487. The molecule has 8 aromatic carbocycles.